The van der Waals surface area contributed by atoms with Gasteiger partial charge in [-0.1, -0.05) is 12.1 Å². The molecule has 3 aromatic rings. The summed E-state index contributed by atoms with van der Waals surface area (Å²) in [6.45, 7) is 3.12. The summed E-state index contributed by atoms with van der Waals surface area (Å²) in [6.07, 6.45) is 0.422. The number of fused-ring (bicyclic) bond motifs is 1. The van der Waals surface area contributed by atoms with Crippen LogP contribution in [0.4, 0.5) is 8.78 Å². The Balaban J connectivity index is 1.33. The maximum absolute atomic E-state index is 12.6. The first-order chi connectivity index (χ1) is 13.1. The number of imidazole rings is 1. The summed E-state index contributed by atoms with van der Waals surface area (Å²) in [6, 6.07) is 8.90. The predicted molar refractivity (Wildman–Crippen MR) is 97.5 cm³/mol. The molecule has 0 spiro atoms. The van der Waals surface area contributed by atoms with Crippen LogP contribution in [-0.2, 0) is 13.1 Å². The molecular formula is C19H21F2N5O. The van der Waals surface area contributed by atoms with E-state index in [2.05, 4.69) is 19.9 Å². The molecule has 4 rings (SSSR count). The van der Waals surface area contributed by atoms with Gasteiger partial charge in [-0.05, 0) is 44.0 Å². The topological polar surface area (TPSA) is 66.8 Å². The number of aromatic nitrogens is 4. The number of H-pyrrole nitrogens is 1. The molecule has 1 aromatic carbocycles. The van der Waals surface area contributed by atoms with Crippen LogP contribution in [0.1, 0.15) is 30.8 Å². The number of alkyl halides is 2. The lowest BCUT2D eigenvalue weighted by molar-refractivity contribution is 0.144. The molecule has 0 aliphatic carbocycles. The van der Waals surface area contributed by atoms with Crippen LogP contribution in [0.15, 0.2) is 41.5 Å². The van der Waals surface area contributed by atoms with Crippen LogP contribution in [0.3, 0.4) is 0 Å². The van der Waals surface area contributed by atoms with Crippen LogP contribution in [0.2, 0.25) is 0 Å². The first-order valence-electron chi connectivity index (χ1n) is 9.09. The molecule has 0 atom stereocenters. The Morgan fingerprint density at radius 3 is 2.70 bits per heavy atom. The fourth-order valence-corrected chi connectivity index (χ4v) is 3.59. The van der Waals surface area contributed by atoms with E-state index in [1.807, 2.05) is 24.3 Å². The number of hydrogen-bond acceptors (Lipinski definition) is 4. The highest BCUT2D eigenvalue weighted by Gasteiger charge is 2.21. The van der Waals surface area contributed by atoms with Gasteiger partial charge in [-0.3, -0.25) is 14.3 Å². The molecule has 1 saturated heterocycles. The Morgan fingerprint density at radius 2 is 2.00 bits per heavy atom. The van der Waals surface area contributed by atoms with Crippen molar-refractivity contribution in [2.75, 3.05) is 13.1 Å². The molecule has 0 bridgehead atoms. The first kappa shape index (κ1) is 17.8. The van der Waals surface area contributed by atoms with Crippen LogP contribution in [0.25, 0.3) is 11.0 Å². The summed E-state index contributed by atoms with van der Waals surface area (Å²) in [5.41, 5.74) is 1.14. The summed E-state index contributed by atoms with van der Waals surface area (Å²) in [5.74, 6) is 1.30. The van der Waals surface area contributed by atoms with Crippen molar-refractivity contribution < 1.29 is 8.78 Å². The number of para-hydroxylation sites is 2. The van der Waals surface area contributed by atoms with E-state index in [0.717, 1.165) is 55.4 Å². The molecule has 1 N–H and O–H groups in total. The molecule has 0 saturated carbocycles. The second-order valence-corrected chi connectivity index (χ2v) is 7.03. The van der Waals surface area contributed by atoms with Crippen molar-refractivity contribution in [3.8, 4) is 0 Å². The summed E-state index contributed by atoms with van der Waals surface area (Å²) in [4.78, 5) is 26.0. The highest BCUT2D eigenvalue weighted by molar-refractivity contribution is 5.74. The third kappa shape index (κ3) is 4.05. The van der Waals surface area contributed by atoms with Gasteiger partial charge in [0.2, 0.25) is 0 Å². The number of hydrogen-bond donors (Lipinski definition) is 1. The Labute approximate surface area is 154 Å². The van der Waals surface area contributed by atoms with E-state index in [1.165, 1.54) is 10.9 Å². The van der Waals surface area contributed by atoms with Gasteiger partial charge in [0, 0.05) is 12.6 Å². The number of nitrogens with zero attached hydrogens (tertiary/aromatic N) is 4. The molecule has 0 unspecified atom stereocenters. The van der Waals surface area contributed by atoms with Crippen molar-refractivity contribution >= 4 is 11.0 Å². The van der Waals surface area contributed by atoms with Gasteiger partial charge in [0.15, 0.2) is 0 Å². The van der Waals surface area contributed by atoms with Crippen LogP contribution in [-0.4, -0.2) is 37.5 Å². The van der Waals surface area contributed by atoms with Gasteiger partial charge in [-0.2, -0.15) is 0 Å². The standard InChI is InChI=1S/C19H21F2N5O/c20-19(21)16-9-18(27)26(12-22-16)10-13-5-7-25(8-6-13)11-17-23-14-3-1-2-4-15(14)24-17/h1-4,9,12-13,19H,5-8,10-11H2,(H,23,24). The highest BCUT2D eigenvalue weighted by atomic mass is 19.3. The van der Waals surface area contributed by atoms with E-state index in [9.17, 15) is 13.6 Å². The molecule has 27 heavy (non-hydrogen) atoms. The van der Waals surface area contributed by atoms with Gasteiger partial charge < -0.3 is 4.98 Å². The van der Waals surface area contributed by atoms with Crippen LogP contribution in [0, 0.1) is 5.92 Å². The quantitative estimate of drug-likeness (QED) is 0.747. The average molecular weight is 373 g/mol. The predicted octanol–water partition coefficient (Wildman–Crippen LogP) is 2.97. The van der Waals surface area contributed by atoms with Gasteiger partial charge in [-0.25, -0.2) is 18.7 Å². The number of aromatic amines is 1. The Hall–Kier alpha value is -2.61. The number of likely N-dealkylation sites (tertiary alicyclic amines) is 1. The number of nitrogens with one attached hydrogen (secondary N) is 1. The fourth-order valence-electron chi connectivity index (χ4n) is 3.59. The van der Waals surface area contributed by atoms with E-state index < -0.39 is 17.7 Å². The Morgan fingerprint density at radius 1 is 1.22 bits per heavy atom. The zero-order valence-electron chi connectivity index (χ0n) is 14.8. The summed E-state index contributed by atoms with van der Waals surface area (Å²) in [5, 5.41) is 0. The molecule has 142 valence electrons. The van der Waals surface area contributed by atoms with Crippen LogP contribution < -0.4 is 5.56 Å². The third-order valence-electron chi connectivity index (χ3n) is 5.10. The monoisotopic (exact) mass is 373 g/mol. The molecule has 1 aliphatic heterocycles. The van der Waals surface area contributed by atoms with Gasteiger partial charge in [0.05, 0.1) is 23.9 Å². The summed E-state index contributed by atoms with van der Waals surface area (Å²) < 4.78 is 26.6. The average Bonchev–Trinajstić information content (AvgIpc) is 3.07. The zero-order valence-corrected chi connectivity index (χ0v) is 14.8. The molecule has 1 aliphatic rings. The van der Waals surface area contributed by atoms with Gasteiger partial charge in [0.1, 0.15) is 11.5 Å². The molecular weight excluding hydrogens is 352 g/mol. The Kier molecular flexibility index (Phi) is 4.98. The van der Waals surface area contributed by atoms with E-state index in [1.54, 1.807) is 0 Å². The van der Waals surface area contributed by atoms with Crippen molar-refractivity contribution in [2.24, 2.45) is 5.92 Å². The second-order valence-electron chi connectivity index (χ2n) is 7.03. The van der Waals surface area contributed by atoms with Gasteiger partial charge in [-0.15, -0.1) is 0 Å². The lowest BCUT2D eigenvalue weighted by Gasteiger charge is -2.31. The summed E-state index contributed by atoms with van der Waals surface area (Å²) in [7, 11) is 0. The minimum Gasteiger partial charge on any atom is -0.341 e. The molecule has 6 nitrogen and oxygen atoms in total. The summed E-state index contributed by atoms with van der Waals surface area (Å²) >= 11 is 0. The minimum absolute atomic E-state index is 0.342. The van der Waals surface area contributed by atoms with Gasteiger partial charge in [0.25, 0.3) is 12.0 Å². The molecule has 8 heteroatoms. The van der Waals surface area contributed by atoms with E-state index in [4.69, 9.17) is 0 Å². The number of halogens is 2. The third-order valence-corrected chi connectivity index (χ3v) is 5.10. The van der Waals surface area contributed by atoms with E-state index >= 15 is 0 Å². The smallest absolute Gasteiger partial charge is 0.280 e. The normalized spacial score (nSPS) is 16.4. The van der Waals surface area contributed by atoms with Crippen molar-refractivity contribution in [2.45, 2.75) is 32.4 Å². The van der Waals surface area contributed by atoms with Crippen molar-refractivity contribution in [3.05, 3.63) is 58.5 Å². The first-order valence-corrected chi connectivity index (χ1v) is 9.09. The molecule has 0 radical (unpaired) electrons. The SMILES string of the molecule is O=c1cc(C(F)F)ncn1CC1CCN(Cc2nc3ccccc3[nH]2)CC1. The number of benzene rings is 1. The maximum atomic E-state index is 12.6. The molecule has 1 fully saturated rings. The van der Waals surface area contributed by atoms with E-state index in [-0.39, 0.29) is 0 Å². The van der Waals surface area contributed by atoms with Crippen LogP contribution >= 0.6 is 0 Å². The number of piperidine rings is 1. The van der Waals surface area contributed by atoms with Crippen LogP contribution in [0.5, 0.6) is 0 Å². The number of rotatable bonds is 5. The lowest BCUT2D eigenvalue weighted by Crippen LogP contribution is -2.36. The fraction of sp³-hybridized carbons (Fsp3) is 0.421. The Bertz CT molecular complexity index is 942. The second kappa shape index (κ2) is 7.56. The zero-order chi connectivity index (χ0) is 18.8. The van der Waals surface area contributed by atoms with Crippen molar-refractivity contribution in [1.82, 2.24) is 24.4 Å². The lowest BCUT2D eigenvalue weighted by atomic mass is 9.96. The molecule has 0 amide bonds. The molecule has 3 heterocycles. The highest BCUT2D eigenvalue weighted by Crippen LogP contribution is 2.21. The van der Waals surface area contributed by atoms with Gasteiger partial charge >= 0.3 is 0 Å². The van der Waals surface area contributed by atoms with Crippen molar-refractivity contribution in [3.63, 3.8) is 0 Å². The van der Waals surface area contributed by atoms with E-state index in [0.29, 0.717) is 12.5 Å². The maximum Gasteiger partial charge on any atom is 0.280 e. The largest absolute Gasteiger partial charge is 0.341 e. The molecule has 2 aromatic heterocycles. The minimum atomic E-state index is -2.71. The van der Waals surface area contributed by atoms with Crippen molar-refractivity contribution in [1.29, 1.82) is 0 Å².